The molecule has 14 heavy (non-hydrogen) atoms. The van der Waals surface area contributed by atoms with Crippen molar-refractivity contribution in [1.29, 1.82) is 0 Å². The van der Waals surface area contributed by atoms with Gasteiger partial charge < -0.3 is 14.9 Å². The number of rotatable bonds is 4. The van der Waals surface area contributed by atoms with Gasteiger partial charge in [-0.2, -0.15) is 0 Å². The van der Waals surface area contributed by atoms with E-state index in [9.17, 15) is 4.79 Å². The zero-order valence-corrected chi connectivity index (χ0v) is 9.07. The molecule has 1 heterocycles. The monoisotopic (exact) mass is 200 g/mol. The lowest BCUT2D eigenvalue weighted by Gasteiger charge is -2.16. The molecule has 1 unspecified atom stereocenters. The van der Waals surface area contributed by atoms with Gasteiger partial charge >= 0.3 is 0 Å². The SMILES string of the molecule is CN(C)C(=O)CCN1CCC(CO)C1. The first kappa shape index (κ1) is 11.5. The van der Waals surface area contributed by atoms with Gasteiger partial charge in [-0.25, -0.2) is 0 Å². The largest absolute Gasteiger partial charge is 0.396 e. The van der Waals surface area contributed by atoms with Crippen molar-refractivity contribution in [3.8, 4) is 0 Å². The van der Waals surface area contributed by atoms with Crippen LogP contribution in [0.1, 0.15) is 12.8 Å². The van der Waals surface area contributed by atoms with Crippen LogP contribution in [0.4, 0.5) is 0 Å². The number of hydrogen-bond acceptors (Lipinski definition) is 3. The molecule has 1 amide bonds. The molecule has 1 rings (SSSR count). The molecular formula is C10H20N2O2. The molecule has 82 valence electrons. The molecule has 0 aromatic rings. The third kappa shape index (κ3) is 3.27. The smallest absolute Gasteiger partial charge is 0.223 e. The molecule has 0 radical (unpaired) electrons. The maximum absolute atomic E-state index is 11.3. The first-order valence-corrected chi connectivity index (χ1v) is 5.17. The topological polar surface area (TPSA) is 43.8 Å². The summed E-state index contributed by atoms with van der Waals surface area (Å²) in [6.45, 7) is 3.06. The van der Waals surface area contributed by atoms with Crippen molar-refractivity contribution in [2.24, 2.45) is 5.92 Å². The van der Waals surface area contributed by atoms with Gasteiger partial charge in [0.25, 0.3) is 0 Å². The fourth-order valence-corrected chi connectivity index (χ4v) is 1.74. The molecule has 0 saturated carbocycles. The van der Waals surface area contributed by atoms with Crippen LogP contribution in [0.5, 0.6) is 0 Å². The normalized spacial score (nSPS) is 22.6. The predicted octanol–water partition coefficient (Wildman–Crippen LogP) is -0.221. The number of carbonyl (C=O) groups is 1. The van der Waals surface area contributed by atoms with Crippen LogP contribution in [0.3, 0.4) is 0 Å². The van der Waals surface area contributed by atoms with E-state index in [0.29, 0.717) is 12.3 Å². The molecule has 4 nitrogen and oxygen atoms in total. The molecule has 0 aromatic heterocycles. The average molecular weight is 200 g/mol. The summed E-state index contributed by atoms with van der Waals surface area (Å²) in [4.78, 5) is 15.2. The van der Waals surface area contributed by atoms with Gasteiger partial charge in [-0.1, -0.05) is 0 Å². The highest BCUT2D eigenvalue weighted by molar-refractivity contribution is 5.75. The summed E-state index contributed by atoms with van der Waals surface area (Å²) in [6, 6.07) is 0. The standard InChI is InChI=1S/C10H20N2O2/c1-11(2)10(14)4-6-12-5-3-9(7-12)8-13/h9,13H,3-8H2,1-2H3. The highest BCUT2D eigenvalue weighted by atomic mass is 16.3. The lowest BCUT2D eigenvalue weighted by Crippen LogP contribution is -2.29. The lowest BCUT2D eigenvalue weighted by molar-refractivity contribution is -0.128. The van der Waals surface area contributed by atoms with Gasteiger partial charge in [0.2, 0.25) is 5.91 Å². The van der Waals surface area contributed by atoms with E-state index in [2.05, 4.69) is 4.90 Å². The third-order valence-corrected chi connectivity index (χ3v) is 2.77. The molecule has 1 atom stereocenters. The molecule has 4 heteroatoms. The number of nitrogens with zero attached hydrogens (tertiary/aromatic N) is 2. The quantitative estimate of drug-likeness (QED) is 0.682. The molecule has 1 fully saturated rings. The van der Waals surface area contributed by atoms with E-state index in [4.69, 9.17) is 5.11 Å². The highest BCUT2D eigenvalue weighted by Gasteiger charge is 2.21. The summed E-state index contributed by atoms with van der Waals surface area (Å²) >= 11 is 0. The second kappa shape index (κ2) is 5.32. The van der Waals surface area contributed by atoms with Crippen molar-refractivity contribution < 1.29 is 9.90 Å². The highest BCUT2D eigenvalue weighted by Crippen LogP contribution is 2.15. The summed E-state index contributed by atoms with van der Waals surface area (Å²) < 4.78 is 0. The number of carbonyl (C=O) groups excluding carboxylic acids is 1. The van der Waals surface area contributed by atoms with Crippen LogP contribution >= 0.6 is 0 Å². The van der Waals surface area contributed by atoms with Gasteiger partial charge in [0.15, 0.2) is 0 Å². The van der Waals surface area contributed by atoms with Crippen molar-refractivity contribution in [3.05, 3.63) is 0 Å². The van der Waals surface area contributed by atoms with Gasteiger partial charge in [-0.3, -0.25) is 4.79 Å². The van der Waals surface area contributed by atoms with Crippen molar-refractivity contribution in [1.82, 2.24) is 9.80 Å². The molecule has 1 saturated heterocycles. The Labute approximate surface area is 85.5 Å². The Bertz CT molecular complexity index is 195. The Morgan fingerprint density at radius 2 is 2.29 bits per heavy atom. The van der Waals surface area contributed by atoms with Gasteiger partial charge in [0.1, 0.15) is 0 Å². The van der Waals surface area contributed by atoms with Gasteiger partial charge in [-0.05, 0) is 18.9 Å². The number of likely N-dealkylation sites (tertiary alicyclic amines) is 1. The fraction of sp³-hybridized carbons (Fsp3) is 0.900. The van der Waals surface area contributed by atoms with Crippen molar-refractivity contribution in [3.63, 3.8) is 0 Å². The minimum atomic E-state index is 0.178. The first-order chi connectivity index (χ1) is 6.63. The molecular weight excluding hydrogens is 180 g/mol. The average Bonchev–Trinajstić information content (AvgIpc) is 2.61. The van der Waals surface area contributed by atoms with Crippen LogP contribution in [0, 0.1) is 5.92 Å². The molecule has 0 bridgehead atoms. The van der Waals surface area contributed by atoms with E-state index >= 15 is 0 Å². The Morgan fingerprint density at radius 1 is 1.57 bits per heavy atom. The predicted molar refractivity (Wildman–Crippen MR) is 54.9 cm³/mol. The molecule has 1 N–H and O–H groups in total. The maximum Gasteiger partial charge on any atom is 0.223 e. The Kier molecular flexibility index (Phi) is 4.35. The molecule has 1 aliphatic heterocycles. The van der Waals surface area contributed by atoms with Crippen LogP contribution in [0.25, 0.3) is 0 Å². The van der Waals surface area contributed by atoms with Crippen LogP contribution in [-0.2, 0) is 4.79 Å². The zero-order valence-electron chi connectivity index (χ0n) is 9.07. The van der Waals surface area contributed by atoms with E-state index in [-0.39, 0.29) is 12.5 Å². The van der Waals surface area contributed by atoms with E-state index in [0.717, 1.165) is 26.1 Å². The molecule has 0 aromatic carbocycles. The van der Waals surface area contributed by atoms with E-state index in [1.54, 1.807) is 19.0 Å². The summed E-state index contributed by atoms with van der Waals surface area (Å²) in [5, 5.41) is 8.95. The lowest BCUT2D eigenvalue weighted by atomic mass is 10.1. The number of aliphatic hydroxyl groups excluding tert-OH is 1. The second-order valence-electron chi connectivity index (χ2n) is 4.18. The minimum Gasteiger partial charge on any atom is -0.396 e. The van der Waals surface area contributed by atoms with Crippen LogP contribution < -0.4 is 0 Å². The van der Waals surface area contributed by atoms with Crippen molar-refractivity contribution in [2.75, 3.05) is 40.3 Å². The minimum absolute atomic E-state index is 0.178. The molecule has 1 aliphatic rings. The fourth-order valence-electron chi connectivity index (χ4n) is 1.74. The summed E-state index contributed by atoms with van der Waals surface area (Å²) in [5.41, 5.74) is 0. The third-order valence-electron chi connectivity index (χ3n) is 2.77. The van der Waals surface area contributed by atoms with Crippen LogP contribution in [0.2, 0.25) is 0 Å². The number of hydrogen-bond donors (Lipinski definition) is 1. The van der Waals surface area contributed by atoms with E-state index in [1.807, 2.05) is 0 Å². The Morgan fingerprint density at radius 3 is 2.79 bits per heavy atom. The van der Waals surface area contributed by atoms with E-state index < -0.39 is 0 Å². The van der Waals surface area contributed by atoms with Gasteiger partial charge in [-0.15, -0.1) is 0 Å². The molecule has 0 spiro atoms. The van der Waals surface area contributed by atoms with Gasteiger partial charge in [0, 0.05) is 40.2 Å². The van der Waals surface area contributed by atoms with Crippen molar-refractivity contribution >= 4 is 5.91 Å². The zero-order chi connectivity index (χ0) is 10.6. The Hall–Kier alpha value is -0.610. The first-order valence-electron chi connectivity index (χ1n) is 5.17. The summed E-state index contributed by atoms with van der Waals surface area (Å²) in [7, 11) is 3.56. The van der Waals surface area contributed by atoms with Gasteiger partial charge in [0.05, 0.1) is 0 Å². The summed E-state index contributed by atoms with van der Waals surface area (Å²) in [6.07, 6.45) is 1.65. The molecule has 0 aliphatic carbocycles. The van der Waals surface area contributed by atoms with Crippen molar-refractivity contribution in [2.45, 2.75) is 12.8 Å². The van der Waals surface area contributed by atoms with Crippen LogP contribution in [-0.4, -0.2) is 61.2 Å². The Balaban J connectivity index is 2.17. The number of aliphatic hydroxyl groups is 1. The van der Waals surface area contributed by atoms with E-state index in [1.165, 1.54) is 0 Å². The number of amides is 1. The summed E-state index contributed by atoms with van der Waals surface area (Å²) in [5.74, 6) is 0.599. The second-order valence-corrected chi connectivity index (χ2v) is 4.18. The van der Waals surface area contributed by atoms with Crippen LogP contribution in [0.15, 0.2) is 0 Å². The maximum atomic E-state index is 11.3.